The van der Waals surface area contributed by atoms with Gasteiger partial charge in [0.25, 0.3) is 15.9 Å². The van der Waals surface area contributed by atoms with E-state index in [0.717, 1.165) is 5.56 Å². The van der Waals surface area contributed by atoms with Crippen molar-refractivity contribution in [1.82, 2.24) is 0 Å². The second-order valence-corrected chi connectivity index (χ2v) is 8.64. The molecule has 0 fully saturated rings. The third-order valence-corrected chi connectivity index (χ3v) is 6.16. The molecule has 0 bridgehead atoms. The van der Waals surface area contributed by atoms with Crippen LogP contribution in [0, 0.1) is 13.8 Å². The molecular formula is C23H22N2O4S. The van der Waals surface area contributed by atoms with Crippen LogP contribution < -0.4 is 10.0 Å². The maximum absolute atomic E-state index is 12.9. The molecule has 7 heteroatoms. The van der Waals surface area contributed by atoms with Crippen molar-refractivity contribution in [2.24, 2.45) is 0 Å². The van der Waals surface area contributed by atoms with Gasteiger partial charge >= 0.3 is 0 Å². The average Bonchev–Trinajstić information content (AvgIpc) is 2.70. The molecular weight excluding hydrogens is 400 g/mol. The zero-order chi connectivity index (χ0) is 21.9. The molecule has 0 aromatic heterocycles. The van der Waals surface area contributed by atoms with Gasteiger partial charge in [0, 0.05) is 16.8 Å². The van der Waals surface area contributed by atoms with Crippen LogP contribution >= 0.6 is 0 Å². The minimum absolute atomic E-state index is 0.0240. The van der Waals surface area contributed by atoms with E-state index in [1.165, 1.54) is 13.0 Å². The molecule has 0 aliphatic heterocycles. The number of amides is 1. The SMILES string of the molecule is CC(=O)c1cccc(NC(=O)c2ccc(C)c(S(=O)(=O)Nc3ccccc3C)c2)c1. The van der Waals surface area contributed by atoms with E-state index < -0.39 is 15.9 Å². The Morgan fingerprint density at radius 3 is 2.23 bits per heavy atom. The average molecular weight is 423 g/mol. The van der Waals surface area contributed by atoms with Gasteiger partial charge in [-0.05, 0) is 62.2 Å². The van der Waals surface area contributed by atoms with Gasteiger partial charge in [-0.2, -0.15) is 0 Å². The molecule has 1 amide bonds. The molecule has 3 aromatic rings. The van der Waals surface area contributed by atoms with Crippen LogP contribution in [0.25, 0.3) is 0 Å². The Kier molecular flexibility index (Phi) is 6.03. The van der Waals surface area contributed by atoms with E-state index in [4.69, 9.17) is 0 Å². The fourth-order valence-electron chi connectivity index (χ4n) is 2.94. The molecule has 0 saturated heterocycles. The summed E-state index contributed by atoms with van der Waals surface area (Å²) in [5, 5.41) is 2.70. The van der Waals surface area contributed by atoms with Crippen LogP contribution in [0.2, 0.25) is 0 Å². The number of Topliss-reactive ketones (excluding diaryl/α,β-unsaturated/α-hetero) is 1. The van der Waals surface area contributed by atoms with Crippen molar-refractivity contribution in [3.63, 3.8) is 0 Å². The number of aryl methyl sites for hydroxylation is 2. The molecule has 6 nitrogen and oxygen atoms in total. The van der Waals surface area contributed by atoms with Crippen molar-refractivity contribution in [3.8, 4) is 0 Å². The van der Waals surface area contributed by atoms with Crippen molar-refractivity contribution < 1.29 is 18.0 Å². The summed E-state index contributed by atoms with van der Waals surface area (Å²) < 4.78 is 28.5. The summed E-state index contributed by atoms with van der Waals surface area (Å²) in [6.07, 6.45) is 0. The highest BCUT2D eigenvalue weighted by molar-refractivity contribution is 7.92. The van der Waals surface area contributed by atoms with Crippen molar-refractivity contribution in [3.05, 3.63) is 89.0 Å². The highest BCUT2D eigenvalue weighted by Crippen LogP contribution is 2.23. The van der Waals surface area contributed by atoms with E-state index in [1.54, 1.807) is 55.5 Å². The molecule has 0 spiro atoms. The van der Waals surface area contributed by atoms with Gasteiger partial charge in [0.1, 0.15) is 0 Å². The zero-order valence-corrected chi connectivity index (χ0v) is 17.7. The fourth-order valence-corrected chi connectivity index (χ4v) is 4.34. The second kappa shape index (κ2) is 8.51. The fraction of sp³-hybridized carbons (Fsp3) is 0.130. The van der Waals surface area contributed by atoms with Gasteiger partial charge in [-0.3, -0.25) is 14.3 Å². The summed E-state index contributed by atoms with van der Waals surface area (Å²) >= 11 is 0. The minimum atomic E-state index is -3.89. The summed E-state index contributed by atoms with van der Waals surface area (Å²) in [5.41, 5.74) is 2.91. The number of hydrogen-bond donors (Lipinski definition) is 2. The van der Waals surface area contributed by atoms with Gasteiger partial charge in [0.2, 0.25) is 0 Å². The smallest absolute Gasteiger partial charge is 0.262 e. The quantitative estimate of drug-likeness (QED) is 0.570. The van der Waals surface area contributed by atoms with Crippen molar-refractivity contribution in [2.45, 2.75) is 25.7 Å². The number of rotatable bonds is 6. The predicted octanol–water partition coefficient (Wildman–Crippen LogP) is 4.56. The zero-order valence-electron chi connectivity index (χ0n) is 16.9. The maximum Gasteiger partial charge on any atom is 0.262 e. The number of ketones is 1. The minimum Gasteiger partial charge on any atom is -0.322 e. The Morgan fingerprint density at radius 1 is 0.800 bits per heavy atom. The molecule has 0 unspecified atom stereocenters. The third-order valence-electron chi connectivity index (χ3n) is 4.66. The van der Waals surface area contributed by atoms with Gasteiger partial charge in [-0.25, -0.2) is 8.42 Å². The number of carbonyl (C=O) groups is 2. The molecule has 3 rings (SSSR count). The summed E-state index contributed by atoms with van der Waals surface area (Å²) in [6, 6.07) is 18.1. The molecule has 3 aromatic carbocycles. The molecule has 0 aliphatic rings. The lowest BCUT2D eigenvalue weighted by Gasteiger charge is -2.13. The highest BCUT2D eigenvalue weighted by Gasteiger charge is 2.20. The van der Waals surface area contributed by atoms with Crippen LogP contribution in [0.5, 0.6) is 0 Å². The molecule has 0 saturated carbocycles. The monoisotopic (exact) mass is 422 g/mol. The molecule has 0 atom stereocenters. The first-order valence-corrected chi connectivity index (χ1v) is 10.8. The number of benzene rings is 3. The molecule has 0 radical (unpaired) electrons. The Bertz CT molecular complexity index is 1230. The van der Waals surface area contributed by atoms with Crippen molar-refractivity contribution >= 4 is 33.1 Å². The molecule has 30 heavy (non-hydrogen) atoms. The number of anilines is 2. The van der Waals surface area contributed by atoms with Crippen LogP contribution in [0.15, 0.2) is 71.6 Å². The van der Waals surface area contributed by atoms with Gasteiger partial charge in [0.05, 0.1) is 10.6 Å². The topological polar surface area (TPSA) is 92.3 Å². The van der Waals surface area contributed by atoms with Crippen LogP contribution in [0.1, 0.15) is 38.8 Å². The summed E-state index contributed by atoms with van der Waals surface area (Å²) in [4.78, 5) is 24.2. The van der Waals surface area contributed by atoms with Crippen LogP contribution in [0.3, 0.4) is 0 Å². The van der Waals surface area contributed by atoms with E-state index in [2.05, 4.69) is 10.0 Å². The van der Waals surface area contributed by atoms with E-state index in [1.807, 2.05) is 19.1 Å². The summed E-state index contributed by atoms with van der Waals surface area (Å²) in [7, 11) is -3.89. The van der Waals surface area contributed by atoms with Gasteiger partial charge in [0.15, 0.2) is 5.78 Å². The van der Waals surface area contributed by atoms with E-state index in [0.29, 0.717) is 22.5 Å². The van der Waals surface area contributed by atoms with Crippen LogP contribution in [-0.2, 0) is 10.0 Å². The Labute approximate surface area is 176 Å². The standard InChI is InChI=1S/C23H22N2O4S/c1-15-7-4-5-10-21(15)25-30(28,29)22-14-19(12-11-16(22)2)23(27)24-20-9-6-8-18(13-20)17(3)26/h4-14,25H,1-3H3,(H,24,27). The molecule has 0 heterocycles. The molecule has 2 N–H and O–H groups in total. The van der Waals surface area contributed by atoms with Gasteiger partial charge in [-0.15, -0.1) is 0 Å². The van der Waals surface area contributed by atoms with E-state index >= 15 is 0 Å². The molecule has 0 aliphatic carbocycles. The van der Waals surface area contributed by atoms with E-state index in [9.17, 15) is 18.0 Å². The Balaban J connectivity index is 1.89. The highest BCUT2D eigenvalue weighted by atomic mass is 32.2. The normalized spacial score (nSPS) is 11.0. The summed E-state index contributed by atoms with van der Waals surface area (Å²) in [6.45, 7) is 4.92. The maximum atomic E-state index is 12.9. The lowest BCUT2D eigenvalue weighted by Crippen LogP contribution is -2.17. The largest absolute Gasteiger partial charge is 0.322 e. The van der Waals surface area contributed by atoms with E-state index in [-0.39, 0.29) is 16.2 Å². The Morgan fingerprint density at radius 2 is 1.53 bits per heavy atom. The predicted molar refractivity (Wildman–Crippen MR) is 118 cm³/mol. The van der Waals surface area contributed by atoms with Crippen LogP contribution in [0.4, 0.5) is 11.4 Å². The van der Waals surface area contributed by atoms with Gasteiger partial charge < -0.3 is 5.32 Å². The first kappa shape index (κ1) is 21.3. The molecule has 154 valence electrons. The lowest BCUT2D eigenvalue weighted by atomic mass is 10.1. The van der Waals surface area contributed by atoms with Gasteiger partial charge in [-0.1, -0.05) is 36.4 Å². The third kappa shape index (κ3) is 4.75. The number of para-hydroxylation sites is 1. The van der Waals surface area contributed by atoms with Crippen molar-refractivity contribution in [2.75, 3.05) is 10.0 Å². The number of sulfonamides is 1. The number of hydrogen-bond acceptors (Lipinski definition) is 4. The second-order valence-electron chi connectivity index (χ2n) is 6.99. The first-order valence-electron chi connectivity index (χ1n) is 9.29. The number of nitrogens with one attached hydrogen (secondary N) is 2. The first-order chi connectivity index (χ1) is 14.2. The summed E-state index contributed by atoms with van der Waals surface area (Å²) in [5.74, 6) is -0.583. The van der Waals surface area contributed by atoms with Crippen LogP contribution in [-0.4, -0.2) is 20.1 Å². The van der Waals surface area contributed by atoms with Crippen molar-refractivity contribution in [1.29, 1.82) is 0 Å². The lowest BCUT2D eigenvalue weighted by molar-refractivity contribution is 0.101. The number of carbonyl (C=O) groups excluding carboxylic acids is 2. The Hall–Kier alpha value is -3.45.